The minimum atomic E-state index is -4.29. The number of halogens is 3. The molecule has 0 aromatic carbocycles. The molecule has 0 saturated heterocycles. The van der Waals surface area contributed by atoms with Crippen LogP contribution in [0.25, 0.3) is 0 Å². The van der Waals surface area contributed by atoms with Crippen molar-refractivity contribution in [1.82, 2.24) is 5.01 Å². The quantitative estimate of drug-likeness (QED) is 0.532. The van der Waals surface area contributed by atoms with Crippen LogP contribution in [0, 0.1) is 0 Å². The second-order valence-corrected chi connectivity index (χ2v) is 2.21. The lowest BCUT2D eigenvalue weighted by Gasteiger charge is -2.16. The Morgan fingerprint density at radius 1 is 1.55 bits per heavy atom. The van der Waals surface area contributed by atoms with E-state index in [2.05, 4.69) is 5.10 Å². The largest absolute Gasteiger partial charge is 0.431 e. The van der Waals surface area contributed by atoms with Crippen LogP contribution < -0.4 is 0 Å². The van der Waals surface area contributed by atoms with Gasteiger partial charge in [0.1, 0.15) is 5.71 Å². The van der Waals surface area contributed by atoms with Crippen LogP contribution in [0.1, 0.15) is 6.42 Å². The molecule has 0 radical (unpaired) electrons. The van der Waals surface area contributed by atoms with E-state index in [4.69, 9.17) is 0 Å². The number of alkyl halides is 3. The summed E-state index contributed by atoms with van der Waals surface area (Å²) in [5.41, 5.74) is -0.748. The molecule has 1 aliphatic rings. The molecule has 0 aromatic heterocycles. The first-order chi connectivity index (χ1) is 5.00. The molecule has 1 aliphatic heterocycles. The van der Waals surface area contributed by atoms with Crippen molar-refractivity contribution in [2.45, 2.75) is 12.6 Å². The third kappa shape index (κ3) is 1.96. The van der Waals surface area contributed by atoms with Crippen molar-refractivity contribution < 1.29 is 13.2 Å². The van der Waals surface area contributed by atoms with Gasteiger partial charge in [-0.1, -0.05) is 6.08 Å². The monoisotopic (exact) mass is 164 g/mol. The average molecular weight is 164 g/mol. The fourth-order valence-electron chi connectivity index (χ4n) is 0.754. The summed E-state index contributed by atoms with van der Waals surface area (Å²) < 4.78 is 35.8. The van der Waals surface area contributed by atoms with Crippen LogP contribution in [-0.2, 0) is 0 Å². The molecule has 11 heavy (non-hydrogen) atoms. The standard InChI is InChI=1S/C6H7F3N2/c1-11-4-2-3-5(10-11)6(7,8)9/h2,4H,3H2,1H3. The molecule has 0 aliphatic carbocycles. The Morgan fingerprint density at radius 3 is 2.55 bits per heavy atom. The Balaban J connectivity index is 2.75. The van der Waals surface area contributed by atoms with Gasteiger partial charge in [0.05, 0.1) is 0 Å². The topological polar surface area (TPSA) is 15.6 Å². The van der Waals surface area contributed by atoms with E-state index in [-0.39, 0.29) is 6.42 Å². The van der Waals surface area contributed by atoms with Crippen LogP contribution in [-0.4, -0.2) is 23.9 Å². The van der Waals surface area contributed by atoms with Crippen molar-refractivity contribution in [2.24, 2.45) is 5.10 Å². The van der Waals surface area contributed by atoms with Gasteiger partial charge in [-0.25, -0.2) is 0 Å². The molecule has 0 atom stereocenters. The Kier molecular flexibility index (Phi) is 1.89. The normalized spacial score (nSPS) is 18.5. The average Bonchev–Trinajstić information content (AvgIpc) is 1.86. The Bertz CT molecular complexity index is 204. The molecule has 0 N–H and O–H groups in total. The van der Waals surface area contributed by atoms with Gasteiger partial charge in [-0.3, -0.25) is 5.01 Å². The lowest BCUT2D eigenvalue weighted by Crippen LogP contribution is -2.26. The number of rotatable bonds is 0. The van der Waals surface area contributed by atoms with Crippen LogP contribution in [0.4, 0.5) is 13.2 Å². The number of allylic oxidation sites excluding steroid dienone is 1. The summed E-state index contributed by atoms with van der Waals surface area (Å²) in [6, 6.07) is 0. The molecule has 0 amide bonds. The summed E-state index contributed by atoms with van der Waals surface area (Å²) in [5.74, 6) is 0. The van der Waals surface area contributed by atoms with E-state index in [0.717, 1.165) is 5.01 Å². The van der Waals surface area contributed by atoms with Crippen LogP contribution in [0.5, 0.6) is 0 Å². The SMILES string of the molecule is CN1C=CCC(C(F)(F)F)=N1. The maximum atomic E-state index is 11.9. The van der Waals surface area contributed by atoms with E-state index in [0.29, 0.717) is 0 Å². The molecule has 0 aromatic rings. The van der Waals surface area contributed by atoms with E-state index >= 15 is 0 Å². The summed E-state index contributed by atoms with van der Waals surface area (Å²) in [4.78, 5) is 0. The molecular formula is C6H7F3N2. The first-order valence-corrected chi connectivity index (χ1v) is 3.04. The third-order valence-corrected chi connectivity index (χ3v) is 1.24. The van der Waals surface area contributed by atoms with Crippen molar-refractivity contribution in [3.05, 3.63) is 12.3 Å². The van der Waals surface area contributed by atoms with E-state index < -0.39 is 11.9 Å². The van der Waals surface area contributed by atoms with Gasteiger partial charge >= 0.3 is 6.18 Å². The van der Waals surface area contributed by atoms with Gasteiger partial charge in [0, 0.05) is 19.7 Å². The zero-order valence-corrected chi connectivity index (χ0v) is 5.89. The molecular weight excluding hydrogens is 157 g/mol. The van der Waals surface area contributed by atoms with E-state index in [9.17, 15) is 13.2 Å². The minimum absolute atomic E-state index is 0.131. The molecule has 0 saturated carbocycles. The van der Waals surface area contributed by atoms with Gasteiger partial charge in [0.25, 0.3) is 0 Å². The number of nitrogens with zero attached hydrogens (tertiary/aromatic N) is 2. The van der Waals surface area contributed by atoms with E-state index in [1.165, 1.54) is 19.3 Å². The van der Waals surface area contributed by atoms with Gasteiger partial charge < -0.3 is 0 Å². The zero-order valence-electron chi connectivity index (χ0n) is 5.89. The Morgan fingerprint density at radius 2 is 2.18 bits per heavy atom. The van der Waals surface area contributed by atoms with Crippen molar-refractivity contribution in [3.8, 4) is 0 Å². The van der Waals surface area contributed by atoms with Crippen LogP contribution in [0.3, 0.4) is 0 Å². The summed E-state index contributed by atoms with van der Waals surface area (Å²) in [6.45, 7) is 0. The molecule has 1 rings (SSSR count). The predicted molar refractivity (Wildman–Crippen MR) is 35.0 cm³/mol. The molecule has 0 unspecified atom stereocenters. The van der Waals surface area contributed by atoms with Gasteiger partial charge in [-0.15, -0.1) is 0 Å². The van der Waals surface area contributed by atoms with Crippen LogP contribution in [0.15, 0.2) is 17.4 Å². The van der Waals surface area contributed by atoms with Crippen molar-refractivity contribution >= 4 is 5.71 Å². The molecule has 0 fully saturated rings. The lowest BCUT2D eigenvalue weighted by atomic mass is 10.2. The summed E-state index contributed by atoms with van der Waals surface area (Å²) in [5, 5.41) is 4.44. The van der Waals surface area contributed by atoms with Gasteiger partial charge in [0.2, 0.25) is 0 Å². The highest BCUT2D eigenvalue weighted by molar-refractivity contribution is 5.91. The smallest absolute Gasteiger partial charge is 0.276 e. The van der Waals surface area contributed by atoms with E-state index in [1.54, 1.807) is 0 Å². The predicted octanol–water partition coefficient (Wildman–Crippen LogP) is 1.75. The number of hydrogen-bond acceptors (Lipinski definition) is 2. The lowest BCUT2D eigenvalue weighted by molar-refractivity contribution is -0.0613. The fraction of sp³-hybridized carbons (Fsp3) is 0.500. The first-order valence-electron chi connectivity index (χ1n) is 3.04. The highest BCUT2D eigenvalue weighted by atomic mass is 19.4. The highest BCUT2D eigenvalue weighted by Crippen LogP contribution is 2.21. The third-order valence-electron chi connectivity index (χ3n) is 1.24. The van der Waals surface area contributed by atoms with Crippen LogP contribution >= 0.6 is 0 Å². The van der Waals surface area contributed by atoms with Crippen LogP contribution in [0.2, 0.25) is 0 Å². The van der Waals surface area contributed by atoms with Crippen molar-refractivity contribution in [1.29, 1.82) is 0 Å². The van der Waals surface area contributed by atoms with E-state index in [1.807, 2.05) is 0 Å². The molecule has 0 spiro atoms. The van der Waals surface area contributed by atoms with Gasteiger partial charge in [0.15, 0.2) is 0 Å². The summed E-state index contributed by atoms with van der Waals surface area (Å²) >= 11 is 0. The zero-order chi connectivity index (χ0) is 8.48. The molecule has 5 heteroatoms. The summed E-state index contributed by atoms with van der Waals surface area (Å²) in [6.07, 6.45) is -1.50. The molecule has 2 nitrogen and oxygen atoms in total. The Labute approximate surface area is 62.0 Å². The number of hydrogen-bond donors (Lipinski definition) is 0. The highest BCUT2D eigenvalue weighted by Gasteiger charge is 2.35. The first kappa shape index (κ1) is 8.10. The fourth-order valence-corrected chi connectivity index (χ4v) is 0.754. The molecule has 0 bridgehead atoms. The molecule has 1 heterocycles. The maximum absolute atomic E-state index is 11.9. The van der Waals surface area contributed by atoms with Gasteiger partial charge in [-0.2, -0.15) is 18.3 Å². The number of hydrazone groups is 1. The second kappa shape index (κ2) is 2.56. The maximum Gasteiger partial charge on any atom is 0.431 e. The molecule has 62 valence electrons. The summed E-state index contributed by atoms with van der Waals surface area (Å²) in [7, 11) is 1.46. The van der Waals surface area contributed by atoms with Crippen molar-refractivity contribution in [3.63, 3.8) is 0 Å². The minimum Gasteiger partial charge on any atom is -0.276 e. The Hall–Kier alpha value is -1.00. The van der Waals surface area contributed by atoms with Crippen molar-refractivity contribution in [2.75, 3.05) is 7.05 Å². The van der Waals surface area contributed by atoms with Gasteiger partial charge in [-0.05, 0) is 0 Å². The second-order valence-electron chi connectivity index (χ2n) is 2.21.